The van der Waals surface area contributed by atoms with Gasteiger partial charge in [0.15, 0.2) is 0 Å². The molecule has 0 amide bonds. The van der Waals surface area contributed by atoms with E-state index in [2.05, 4.69) is 4.72 Å². The van der Waals surface area contributed by atoms with Gasteiger partial charge < -0.3 is 4.74 Å². The van der Waals surface area contributed by atoms with E-state index < -0.39 is 20.9 Å². The number of ether oxygens (including phenoxy) is 1. The summed E-state index contributed by atoms with van der Waals surface area (Å²) in [6.45, 7) is 1.88. The van der Waals surface area contributed by atoms with Crippen LogP contribution in [0.25, 0.3) is 0 Å². The van der Waals surface area contributed by atoms with Gasteiger partial charge in [0.1, 0.15) is 5.00 Å². The van der Waals surface area contributed by atoms with Crippen molar-refractivity contribution >= 4 is 38.0 Å². The summed E-state index contributed by atoms with van der Waals surface area (Å²) in [6, 6.07) is 4.58. The first kappa shape index (κ1) is 19.3. The molecule has 0 fully saturated rings. The van der Waals surface area contributed by atoms with E-state index in [0.29, 0.717) is 6.42 Å². The third-order valence-electron chi connectivity index (χ3n) is 4.24. The molecular formula is C17H18N2O6S2. The number of hydrogen-bond acceptors (Lipinski definition) is 7. The predicted molar refractivity (Wildman–Crippen MR) is 101 cm³/mol. The Morgan fingerprint density at radius 3 is 2.56 bits per heavy atom. The van der Waals surface area contributed by atoms with Gasteiger partial charge in [-0.15, -0.1) is 11.3 Å². The molecule has 3 rings (SSSR count). The second kappa shape index (κ2) is 7.65. The number of benzene rings is 1. The summed E-state index contributed by atoms with van der Waals surface area (Å²) < 4.78 is 33.0. The van der Waals surface area contributed by atoms with Crippen molar-refractivity contribution in [3.05, 3.63) is 50.4 Å². The molecule has 0 unspecified atom stereocenters. The SMILES string of the molecule is CCOC(=O)c1c(NS(=O)(=O)c2ccc([N+](=O)[O-])cc2)sc2c1CCCC2. The van der Waals surface area contributed by atoms with Crippen LogP contribution in [0.5, 0.6) is 0 Å². The average molecular weight is 410 g/mol. The highest BCUT2D eigenvalue weighted by Crippen LogP contribution is 2.39. The van der Waals surface area contributed by atoms with Gasteiger partial charge in [-0.3, -0.25) is 14.8 Å². The number of nitrogens with zero attached hydrogens (tertiary/aromatic N) is 1. The fraction of sp³-hybridized carbons (Fsp3) is 0.353. The van der Waals surface area contributed by atoms with Crippen LogP contribution in [0.1, 0.15) is 40.6 Å². The van der Waals surface area contributed by atoms with Crippen molar-refractivity contribution in [2.45, 2.75) is 37.5 Å². The Morgan fingerprint density at radius 1 is 1.26 bits per heavy atom. The largest absolute Gasteiger partial charge is 0.462 e. The standard InChI is InChI=1S/C17H18N2O6S2/c1-2-25-17(20)15-13-5-3-4-6-14(13)26-16(15)18-27(23,24)12-9-7-11(8-10-12)19(21)22/h7-10,18H,2-6H2,1H3. The molecule has 0 atom stereocenters. The van der Waals surface area contributed by atoms with E-state index >= 15 is 0 Å². The molecule has 2 aromatic rings. The Bertz CT molecular complexity index is 980. The Hall–Kier alpha value is -2.46. The number of sulfonamides is 1. The maximum absolute atomic E-state index is 12.7. The van der Waals surface area contributed by atoms with Gasteiger partial charge in [0.05, 0.1) is 22.0 Å². The minimum atomic E-state index is -4.00. The summed E-state index contributed by atoms with van der Waals surface area (Å²) in [5.41, 5.74) is 0.931. The highest BCUT2D eigenvalue weighted by molar-refractivity contribution is 7.93. The van der Waals surface area contributed by atoms with Gasteiger partial charge >= 0.3 is 5.97 Å². The van der Waals surface area contributed by atoms with E-state index in [1.54, 1.807) is 6.92 Å². The average Bonchev–Trinajstić information content (AvgIpc) is 2.99. The fourth-order valence-electron chi connectivity index (χ4n) is 2.98. The summed E-state index contributed by atoms with van der Waals surface area (Å²) in [5, 5.41) is 11.0. The Kier molecular flexibility index (Phi) is 5.47. The summed E-state index contributed by atoms with van der Waals surface area (Å²) in [7, 11) is -4.00. The molecule has 27 heavy (non-hydrogen) atoms. The van der Waals surface area contributed by atoms with E-state index in [4.69, 9.17) is 4.74 Å². The maximum atomic E-state index is 12.7. The van der Waals surface area contributed by atoms with Crippen LogP contribution in [-0.4, -0.2) is 25.9 Å². The van der Waals surface area contributed by atoms with Crippen molar-refractivity contribution in [3.63, 3.8) is 0 Å². The van der Waals surface area contributed by atoms with Crippen LogP contribution in [0.15, 0.2) is 29.2 Å². The van der Waals surface area contributed by atoms with Gasteiger partial charge in [-0.05, 0) is 50.3 Å². The van der Waals surface area contributed by atoms with Crippen LogP contribution in [0.4, 0.5) is 10.7 Å². The number of nitro benzene ring substituents is 1. The Morgan fingerprint density at radius 2 is 1.93 bits per heavy atom. The van der Waals surface area contributed by atoms with Crippen LogP contribution in [0.3, 0.4) is 0 Å². The number of rotatable bonds is 6. The number of hydrogen-bond donors (Lipinski definition) is 1. The third kappa shape index (κ3) is 3.96. The van der Waals surface area contributed by atoms with Crippen molar-refractivity contribution in [1.82, 2.24) is 0 Å². The first-order valence-electron chi connectivity index (χ1n) is 8.42. The van der Waals surface area contributed by atoms with Crippen molar-refractivity contribution in [3.8, 4) is 0 Å². The summed E-state index contributed by atoms with van der Waals surface area (Å²) in [4.78, 5) is 23.4. The lowest BCUT2D eigenvalue weighted by atomic mass is 9.95. The van der Waals surface area contributed by atoms with Gasteiger partial charge in [0.25, 0.3) is 15.7 Å². The number of thiophene rings is 1. The molecule has 0 bridgehead atoms. The number of non-ortho nitro benzene ring substituents is 1. The van der Waals surface area contributed by atoms with E-state index in [1.165, 1.54) is 11.3 Å². The fourth-order valence-corrected chi connectivity index (χ4v) is 5.57. The second-order valence-electron chi connectivity index (χ2n) is 5.99. The van der Waals surface area contributed by atoms with Gasteiger partial charge in [-0.25, -0.2) is 13.2 Å². The highest BCUT2D eigenvalue weighted by Gasteiger charge is 2.29. The number of carbonyl (C=O) groups excluding carboxylic acids is 1. The lowest BCUT2D eigenvalue weighted by Gasteiger charge is -2.12. The minimum Gasteiger partial charge on any atom is -0.462 e. The molecule has 0 aliphatic heterocycles. The molecule has 1 aliphatic carbocycles. The van der Waals surface area contributed by atoms with Gasteiger partial charge in [0.2, 0.25) is 0 Å². The first-order valence-corrected chi connectivity index (χ1v) is 10.7. The second-order valence-corrected chi connectivity index (χ2v) is 8.78. The van der Waals surface area contributed by atoms with Crippen molar-refractivity contribution in [2.75, 3.05) is 11.3 Å². The molecule has 1 aromatic carbocycles. The monoisotopic (exact) mass is 410 g/mol. The quantitative estimate of drug-likeness (QED) is 0.443. The minimum absolute atomic E-state index is 0.116. The number of aryl methyl sites for hydroxylation is 1. The molecule has 1 N–H and O–H groups in total. The summed E-state index contributed by atoms with van der Waals surface area (Å²) >= 11 is 1.25. The van der Waals surface area contributed by atoms with Crippen molar-refractivity contribution < 1.29 is 22.9 Å². The zero-order valence-corrected chi connectivity index (χ0v) is 16.2. The summed E-state index contributed by atoms with van der Waals surface area (Å²) in [5.74, 6) is -0.543. The van der Waals surface area contributed by atoms with E-state index in [0.717, 1.165) is 54.0 Å². The van der Waals surface area contributed by atoms with Crippen molar-refractivity contribution in [1.29, 1.82) is 0 Å². The zero-order valence-electron chi connectivity index (χ0n) is 14.6. The number of esters is 1. The van der Waals surface area contributed by atoms with E-state index in [9.17, 15) is 23.3 Å². The van der Waals surface area contributed by atoms with Gasteiger partial charge in [-0.1, -0.05) is 0 Å². The van der Waals surface area contributed by atoms with Gasteiger partial charge in [0, 0.05) is 17.0 Å². The molecule has 0 radical (unpaired) electrons. The van der Waals surface area contributed by atoms with E-state index in [-0.39, 0.29) is 27.8 Å². The molecule has 1 heterocycles. The summed E-state index contributed by atoms with van der Waals surface area (Å²) in [6.07, 6.45) is 3.43. The molecule has 0 spiro atoms. The molecule has 8 nitrogen and oxygen atoms in total. The normalized spacial score (nSPS) is 13.7. The lowest BCUT2D eigenvalue weighted by molar-refractivity contribution is -0.384. The Balaban J connectivity index is 1.97. The molecule has 1 aromatic heterocycles. The number of nitrogens with one attached hydrogen (secondary N) is 1. The molecular weight excluding hydrogens is 392 g/mol. The predicted octanol–water partition coefficient (Wildman–Crippen LogP) is 3.51. The topological polar surface area (TPSA) is 116 Å². The maximum Gasteiger partial charge on any atom is 0.341 e. The van der Waals surface area contributed by atoms with Crippen molar-refractivity contribution in [2.24, 2.45) is 0 Å². The Labute approximate surface area is 160 Å². The van der Waals surface area contributed by atoms with Crippen LogP contribution in [0, 0.1) is 10.1 Å². The van der Waals surface area contributed by atoms with Crippen LogP contribution < -0.4 is 4.72 Å². The third-order valence-corrected chi connectivity index (χ3v) is 6.94. The molecule has 10 heteroatoms. The molecule has 144 valence electrons. The lowest BCUT2D eigenvalue weighted by Crippen LogP contribution is -2.16. The highest BCUT2D eigenvalue weighted by atomic mass is 32.2. The first-order chi connectivity index (χ1) is 12.8. The number of anilines is 1. The number of nitro groups is 1. The van der Waals surface area contributed by atoms with Crippen LogP contribution in [-0.2, 0) is 27.6 Å². The van der Waals surface area contributed by atoms with Gasteiger partial charge in [-0.2, -0.15) is 0 Å². The number of carbonyl (C=O) groups is 1. The molecule has 1 aliphatic rings. The molecule has 0 saturated carbocycles. The zero-order chi connectivity index (χ0) is 19.6. The number of fused-ring (bicyclic) bond motifs is 1. The molecule has 0 saturated heterocycles. The smallest absolute Gasteiger partial charge is 0.341 e. The van der Waals surface area contributed by atoms with Crippen LogP contribution >= 0.6 is 11.3 Å². The van der Waals surface area contributed by atoms with E-state index in [1.807, 2.05) is 0 Å². The van der Waals surface area contributed by atoms with Crippen LogP contribution in [0.2, 0.25) is 0 Å².